The molecule has 0 aliphatic carbocycles. The summed E-state index contributed by atoms with van der Waals surface area (Å²) in [5.74, 6) is 0.211. The molecule has 1 aliphatic rings. The number of aliphatic hydroxyl groups excluding tert-OH is 1. The van der Waals surface area contributed by atoms with Crippen LogP contribution in [0.15, 0.2) is 23.1 Å². The molecule has 0 saturated carbocycles. The Balaban J connectivity index is 2.46. The molecule has 136 valence electrons. The first-order chi connectivity index (χ1) is 11.1. The molecule has 1 aliphatic heterocycles. The van der Waals surface area contributed by atoms with E-state index in [0.717, 1.165) is 6.07 Å². The molecule has 1 aromatic rings. The fraction of sp³-hybridized carbons (Fsp3) is 0.571. The highest BCUT2D eigenvalue weighted by Crippen LogP contribution is 2.36. The van der Waals surface area contributed by atoms with E-state index in [1.54, 1.807) is 0 Å². The Labute approximate surface area is 143 Å². The Morgan fingerprint density at radius 1 is 1.38 bits per heavy atom. The van der Waals surface area contributed by atoms with Crippen LogP contribution < -0.4 is 4.74 Å². The zero-order valence-electron chi connectivity index (χ0n) is 12.8. The summed E-state index contributed by atoms with van der Waals surface area (Å²) in [6.07, 6.45) is -6.94. The molecule has 0 aromatic heterocycles. The molecule has 0 amide bonds. The largest absolute Gasteiger partial charge is 0.497 e. The number of methoxy groups -OCH3 is 1. The van der Waals surface area contributed by atoms with Gasteiger partial charge in [-0.2, -0.15) is 17.5 Å². The minimum absolute atomic E-state index is 0.0819. The lowest BCUT2D eigenvalue weighted by Gasteiger charge is -2.37. The summed E-state index contributed by atoms with van der Waals surface area (Å²) in [4.78, 5) is -0.343. The van der Waals surface area contributed by atoms with Gasteiger partial charge in [0.2, 0.25) is 10.0 Å². The van der Waals surface area contributed by atoms with E-state index in [1.807, 2.05) is 0 Å². The Kier molecular flexibility index (Phi) is 5.68. The average molecular weight is 388 g/mol. The van der Waals surface area contributed by atoms with Gasteiger partial charge in [-0.05, 0) is 25.0 Å². The summed E-state index contributed by atoms with van der Waals surface area (Å²) in [7, 11) is -2.99. The predicted octanol–water partition coefficient (Wildman–Crippen LogP) is 2.82. The van der Waals surface area contributed by atoms with Crippen molar-refractivity contribution in [2.24, 2.45) is 0 Å². The van der Waals surface area contributed by atoms with Crippen LogP contribution in [0.1, 0.15) is 19.3 Å². The summed E-state index contributed by atoms with van der Waals surface area (Å²) in [5, 5.41) is 9.45. The summed E-state index contributed by atoms with van der Waals surface area (Å²) < 4.78 is 69.9. The molecule has 1 aromatic carbocycles. The summed E-state index contributed by atoms with van der Waals surface area (Å²) in [6.45, 7) is -0.117. The number of benzene rings is 1. The molecule has 0 bridgehead atoms. The number of rotatable bonds is 4. The molecule has 2 rings (SSSR count). The van der Waals surface area contributed by atoms with Gasteiger partial charge in [0.1, 0.15) is 10.6 Å². The lowest BCUT2D eigenvalue weighted by Crippen LogP contribution is -2.54. The van der Waals surface area contributed by atoms with E-state index in [-0.39, 0.29) is 28.6 Å². The highest BCUT2D eigenvalue weighted by Gasteiger charge is 2.49. The van der Waals surface area contributed by atoms with Gasteiger partial charge in [0, 0.05) is 12.6 Å². The molecule has 0 spiro atoms. The number of ether oxygens (including phenoxy) is 1. The molecule has 0 radical (unpaired) electrons. The maximum absolute atomic E-state index is 12.9. The Bertz CT molecular complexity index is 696. The number of aliphatic hydroxyl groups is 1. The second kappa shape index (κ2) is 7.07. The van der Waals surface area contributed by atoms with Gasteiger partial charge in [0.05, 0.1) is 18.2 Å². The van der Waals surface area contributed by atoms with Gasteiger partial charge < -0.3 is 9.84 Å². The first-order valence-electron chi connectivity index (χ1n) is 7.19. The van der Waals surface area contributed by atoms with E-state index >= 15 is 0 Å². The molecular weight excluding hydrogens is 371 g/mol. The summed E-state index contributed by atoms with van der Waals surface area (Å²) >= 11 is 5.93. The highest BCUT2D eigenvalue weighted by molar-refractivity contribution is 7.89. The smallest absolute Gasteiger partial charge is 0.415 e. The lowest BCUT2D eigenvalue weighted by molar-refractivity contribution is -0.219. The molecule has 2 atom stereocenters. The fourth-order valence-electron chi connectivity index (χ4n) is 2.70. The molecule has 24 heavy (non-hydrogen) atoms. The summed E-state index contributed by atoms with van der Waals surface area (Å²) in [6, 6.07) is 2.32. The number of halogens is 4. The zero-order chi connectivity index (χ0) is 18.1. The molecule has 0 unspecified atom stereocenters. The van der Waals surface area contributed by atoms with Gasteiger partial charge in [-0.3, -0.25) is 0 Å². The third kappa shape index (κ3) is 3.79. The molecule has 1 saturated heterocycles. The lowest BCUT2D eigenvalue weighted by atomic mass is 9.99. The van der Waals surface area contributed by atoms with Crippen LogP contribution in [0.4, 0.5) is 13.2 Å². The van der Waals surface area contributed by atoms with Gasteiger partial charge in [0.15, 0.2) is 6.10 Å². The molecule has 10 heteroatoms. The van der Waals surface area contributed by atoms with Crippen molar-refractivity contribution in [1.82, 2.24) is 4.31 Å². The topological polar surface area (TPSA) is 66.8 Å². The SMILES string of the molecule is COc1ccc(Cl)c(S(=O)(=O)N2CCCC[C@@H]2[C@H](O)C(F)(F)F)c1. The second-order valence-corrected chi connectivity index (χ2v) is 7.73. The van der Waals surface area contributed by atoms with Gasteiger partial charge in [0.25, 0.3) is 0 Å². The monoisotopic (exact) mass is 387 g/mol. The zero-order valence-corrected chi connectivity index (χ0v) is 14.3. The second-order valence-electron chi connectivity index (χ2n) is 5.46. The summed E-state index contributed by atoms with van der Waals surface area (Å²) in [5.41, 5.74) is 0. The van der Waals surface area contributed by atoms with Crippen LogP contribution in [0.5, 0.6) is 5.75 Å². The maximum Gasteiger partial charge on any atom is 0.415 e. The van der Waals surface area contributed by atoms with Crippen molar-refractivity contribution in [1.29, 1.82) is 0 Å². The maximum atomic E-state index is 12.9. The van der Waals surface area contributed by atoms with Gasteiger partial charge in [-0.15, -0.1) is 0 Å². The van der Waals surface area contributed by atoms with Crippen molar-refractivity contribution in [3.05, 3.63) is 23.2 Å². The van der Waals surface area contributed by atoms with E-state index in [1.165, 1.54) is 19.2 Å². The standard InChI is InChI=1S/C14H17ClF3NO4S/c1-23-9-5-6-10(15)12(8-9)24(21,22)19-7-3-2-4-11(19)13(20)14(16,17)18/h5-6,8,11,13,20H,2-4,7H2,1H3/t11-,13+/m1/s1. The fourth-order valence-corrected chi connectivity index (χ4v) is 4.89. The molecule has 5 nitrogen and oxygen atoms in total. The Hall–Kier alpha value is -1.03. The average Bonchev–Trinajstić information content (AvgIpc) is 2.53. The van der Waals surface area contributed by atoms with Crippen LogP contribution in [0.25, 0.3) is 0 Å². The number of hydrogen-bond acceptors (Lipinski definition) is 4. The number of piperidine rings is 1. The van der Waals surface area contributed by atoms with Crippen LogP contribution in [-0.2, 0) is 10.0 Å². The van der Waals surface area contributed by atoms with E-state index in [4.69, 9.17) is 16.3 Å². The number of alkyl halides is 3. The van der Waals surface area contributed by atoms with Crippen LogP contribution in [0.2, 0.25) is 5.02 Å². The van der Waals surface area contributed by atoms with Crippen LogP contribution >= 0.6 is 11.6 Å². The normalized spacial score (nSPS) is 21.5. The van der Waals surface area contributed by atoms with Gasteiger partial charge in [-0.1, -0.05) is 18.0 Å². The van der Waals surface area contributed by atoms with E-state index in [9.17, 15) is 26.7 Å². The van der Waals surface area contributed by atoms with Crippen molar-refractivity contribution in [2.75, 3.05) is 13.7 Å². The van der Waals surface area contributed by atoms with E-state index in [2.05, 4.69) is 0 Å². The van der Waals surface area contributed by atoms with Gasteiger partial charge >= 0.3 is 6.18 Å². The Morgan fingerprint density at radius 2 is 2.04 bits per heavy atom. The van der Waals surface area contributed by atoms with Crippen molar-refractivity contribution in [3.63, 3.8) is 0 Å². The van der Waals surface area contributed by atoms with Gasteiger partial charge in [-0.25, -0.2) is 8.42 Å². The molecular formula is C14H17ClF3NO4S. The first kappa shape index (κ1) is 19.3. The molecule has 1 heterocycles. The highest BCUT2D eigenvalue weighted by atomic mass is 35.5. The number of hydrogen-bond donors (Lipinski definition) is 1. The van der Waals surface area contributed by atoms with Crippen molar-refractivity contribution in [3.8, 4) is 5.75 Å². The van der Waals surface area contributed by atoms with Crippen molar-refractivity contribution < 1.29 is 31.4 Å². The third-order valence-corrected chi connectivity index (χ3v) is 6.33. The quantitative estimate of drug-likeness (QED) is 0.862. The number of nitrogens with zero attached hydrogens (tertiary/aromatic N) is 1. The van der Waals surface area contributed by atoms with Crippen LogP contribution in [0.3, 0.4) is 0 Å². The Morgan fingerprint density at radius 3 is 2.62 bits per heavy atom. The minimum Gasteiger partial charge on any atom is -0.497 e. The van der Waals surface area contributed by atoms with Crippen LogP contribution in [0, 0.1) is 0 Å². The molecule has 1 fully saturated rings. The van der Waals surface area contributed by atoms with E-state index in [0.29, 0.717) is 17.1 Å². The third-order valence-electron chi connectivity index (χ3n) is 3.92. The van der Waals surface area contributed by atoms with Crippen LogP contribution in [-0.4, -0.2) is 49.8 Å². The van der Waals surface area contributed by atoms with Crippen molar-refractivity contribution >= 4 is 21.6 Å². The number of sulfonamides is 1. The van der Waals surface area contributed by atoms with E-state index < -0.39 is 28.3 Å². The minimum atomic E-state index is -4.91. The molecule has 1 N–H and O–H groups in total. The first-order valence-corrected chi connectivity index (χ1v) is 9.01. The van der Waals surface area contributed by atoms with Crippen molar-refractivity contribution in [2.45, 2.75) is 42.5 Å². The predicted molar refractivity (Wildman–Crippen MR) is 81.6 cm³/mol.